The number of hydrogen-bond acceptors (Lipinski definition) is 5. The van der Waals surface area contributed by atoms with Gasteiger partial charge in [-0.25, -0.2) is 22.0 Å². The van der Waals surface area contributed by atoms with E-state index in [9.17, 15) is 26.7 Å². The van der Waals surface area contributed by atoms with Crippen LogP contribution in [0.1, 0.15) is 48.9 Å². The van der Waals surface area contributed by atoms with Gasteiger partial charge in [0.25, 0.3) is 18.4 Å². The summed E-state index contributed by atoms with van der Waals surface area (Å²) in [7, 11) is 1.31. The van der Waals surface area contributed by atoms with Gasteiger partial charge in [0.1, 0.15) is 17.2 Å². The van der Waals surface area contributed by atoms with Gasteiger partial charge >= 0.3 is 6.01 Å². The van der Waals surface area contributed by atoms with Gasteiger partial charge in [0.2, 0.25) is 0 Å². The lowest BCUT2D eigenvalue weighted by Gasteiger charge is -2.22. The molecule has 4 rings (SSSR count). The molecular weight excluding hydrogens is 447 g/mol. The van der Waals surface area contributed by atoms with Crippen LogP contribution in [0.2, 0.25) is 0 Å². The molecule has 11 heteroatoms. The van der Waals surface area contributed by atoms with Crippen molar-refractivity contribution < 1.29 is 26.7 Å². The molecule has 2 heterocycles. The van der Waals surface area contributed by atoms with E-state index in [0.29, 0.717) is 0 Å². The maximum atomic E-state index is 14.7. The molecular formula is C22H21F5N4O2. The minimum Gasteiger partial charge on any atom is -0.467 e. The van der Waals surface area contributed by atoms with Gasteiger partial charge in [0, 0.05) is 17.3 Å². The third kappa shape index (κ3) is 3.79. The fourth-order valence-electron chi connectivity index (χ4n) is 3.91. The Hall–Kier alpha value is -3.24. The second-order valence-corrected chi connectivity index (χ2v) is 8.07. The Bertz CT molecular complexity index is 1270. The van der Waals surface area contributed by atoms with Crippen molar-refractivity contribution in [2.24, 2.45) is 0 Å². The Morgan fingerprint density at radius 2 is 1.82 bits per heavy atom. The first-order valence-corrected chi connectivity index (χ1v) is 10.2. The molecule has 0 unspecified atom stereocenters. The van der Waals surface area contributed by atoms with Gasteiger partial charge in [-0.15, -0.1) is 0 Å². The smallest absolute Gasteiger partial charge is 0.318 e. The van der Waals surface area contributed by atoms with Crippen molar-refractivity contribution in [3.8, 4) is 6.01 Å². The number of hydrogen-bond donors (Lipinski definition) is 1. The molecule has 0 amide bonds. The minimum atomic E-state index is -2.99. The number of aromatic nitrogens is 3. The Labute approximate surface area is 185 Å². The molecule has 1 aliphatic carbocycles. The van der Waals surface area contributed by atoms with Gasteiger partial charge in [-0.1, -0.05) is 18.2 Å². The van der Waals surface area contributed by atoms with E-state index in [1.165, 1.54) is 32.4 Å². The van der Waals surface area contributed by atoms with E-state index >= 15 is 0 Å². The van der Waals surface area contributed by atoms with Crippen LogP contribution in [0.5, 0.6) is 6.01 Å². The summed E-state index contributed by atoms with van der Waals surface area (Å²) in [5.41, 5.74) is -2.64. The number of alkyl halides is 4. The van der Waals surface area contributed by atoms with Crippen molar-refractivity contribution >= 4 is 16.7 Å². The maximum absolute atomic E-state index is 14.7. The average molecular weight is 468 g/mol. The van der Waals surface area contributed by atoms with Crippen LogP contribution in [0.3, 0.4) is 0 Å². The second kappa shape index (κ2) is 8.27. The first-order chi connectivity index (χ1) is 15.6. The van der Waals surface area contributed by atoms with Crippen LogP contribution in [-0.4, -0.2) is 28.1 Å². The van der Waals surface area contributed by atoms with E-state index in [1.54, 1.807) is 6.92 Å². The number of benzene rings is 1. The highest BCUT2D eigenvalue weighted by Gasteiger charge is 2.53. The molecule has 1 fully saturated rings. The summed E-state index contributed by atoms with van der Waals surface area (Å²) in [5, 5.41) is 3.19. The molecule has 0 spiro atoms. The lowest BCUT2D eigenvalue weighted by atomic mass is 10.0. The largest absolute Gasteiger partial charge is 0.467 e. The van der Waals surface area contributed by atoms with Crippen LogP contribution in [0, 0.1) is 12.7 Å². The molecule has 2 aromatic heterocycles. The topological polar surface area (TPSA) is 69.0 Å². The molecule has 1 aliphatic rings. The van der Waals surface area contributed by atoms with Gasteiger partial charge in [-0.2, -0.15) is 9.97 Å². The fraction of sp³-hybridized carbons (Fsp3) is 0.409. The Morgan fingerprint density at radius 3 is 2.39 bits per heavy atom. The van der Waals surface area contributed by atoms with E-state index in [0.717, 1.165) is 10.6 Å². The standard InChI is InChI=1S/C22H21F5N4O2/c1-10-16-14(9-31(19(10)32)22(7-8-22)20(26)27)18(30-21(29-16)33-3)28-11(2)12-5-4-6-13(15(12)23)17(24)25/h4-6,9,11,17,20H,7-8H2,1-3H3,(H,28,29,30)/t11-/m1/s1. The molecule has 1 N–H and O–H groups in total. The van der Waals surface area contributed by atoms with Crippen molar-refractivity contribution in [3.05, 3.63) is 57.3 Å². The number of pyridine rings is 1. The van der Waals surface area contributed by atoms with Crippen molar-refractivity contribution in [2.75, 3.05) is 12.4 Å². The molecule has 1 aromatic carbocycles. The number of methoxy groups -OCH3 is 1. The number of ether oxygens (including phenoxy) is 1. The first-order valence-electron chi connectivity index (χ1n) is 10.2. The van der Waals surface area contributed by atoms with Gasteiger partial charge in [0.05, 0.1) is 29.6 Å². The number of nitrogens with one attached hydrogen (secondary N) is 1. The third-order valence-electron chi connectivity index (χ3n) is 6.02. The fourth-order valence-corrected chi connectivity index (χ4v) is 3.91. The van der Waals surface area contributed by atoms with Gasteiger partial charge < -0.3 is 14.6 Å². The summed E-state index contributed by atoms with van der Waals surface area (Å²) in [5.74, 6) is -0.964. The number of nitrogens with zero attached hydrogens (tertiary/aromatic N) is 3. The van der Waals surface area contributed by atoms with Crippen molar-refractivity contribution in [1.82, 2.24) is 14.5 Å². The van der Waals surface area contributed by atoms with Crippen LogP contribution < -0.4 is 15.6 Å². The lowest BCUT2D eigenvalue weighted by Crippen LogP contribution is -2.36. The monoisotopic (exact) mass is 468 g/mol. The second-order valence-electron chi connectivity index (χ2n) is 8.07. The third-order valence-corrected chi connectivity index (χ3v) is 6.02. The SMILES string of the molecule is COc1nc(N[C@H](C)c2cccc(C(F)F)c2F)c2cn(C3(C(F)F)CC3)c(=O)c(C)c2n1. The highest BCUT2D eigenvalue weighted by atomic mass is 19.3. The van der Waals surface area contributed by atoms with E-state index in [-0.39, 0.29) is 46.7 Å². The Kier molecular flexibility index (Phi) is 5.75. The van der Waals surface area contributed by atoms with E-state index < -0.39 is 41.4 Å². The van der Waals surface area contributed by atoms with E-state index in [1.807, 2.05) is 0 Å². The van der Waals surface area contributed by atoms with Crippen LogP contribution in [0.25, 0.3) is 10.9 Å². The van der Waals surface area contributed by atoms with Crippen LogP contribution in [0.15, 0.2) is 29.2 Å². The number of rotatable bonds is 7. The zero-order valence-electron chi connectivity index (χ0n) is 18.0. The molecule has 0 aliphatic heterocycles. The van der Waals surface area contributed by atoms with Gasteiger partial charge in [0.15, 0.2) is 0 Å². The molecule has 0 radical (unpaired) electrons. The highest BCUT2D eigenvalue weighted by molar-refractivity contribution is 5.91. The number of fused-ring (bicyclic) bond motifs is 1. The Balaban J connectivity index is 1.86. The molecule has 0 bridgehead atoms. The van der Waals surface area contributed by atoms with Crippen molar-refractivity contribution in [3.63, 3.8) is 0 Å². The lowest BCUT2D eigenvalue weighted by molar-refractivity contribution is 0.0653. The molecule has 3 aromatic rings. The zero-order valence-corrected chi connectivity index (χ0v) is 18.0. The normalized spacial score (nSPS) is 15.8. The summed E-state index contributed by atoms with van der Waals surface area (Å²) >= 11 is 0. The predicted octanol–water partition coefficient (Wildman–Crippen LogP) is 5.11. The molecule has 1 saturated carbocycles. The number of anilines is 1. The van der Waals surface area contributed by atoms with Crippen molar-refractivity contribution in [1.29, 1.82) is 0 Å². The van der Waals surface area contributed by atoms with E-state index in [2.05, 4.69) is 15.3 Å². The summed E-state index contributed by atoms with van der Waals surface area (Å²) in [6.45, 7) is 3.01. The van der Waals surface area contributed by atoms with Crippen LogP contribution in [0.4, 0.5) is 27.8 Å². The highest BCUT2D eigenvalue weighted by Crippen LogP contribution is 2.48. The summed E-state index contributed by atoms with van der Waals surface area (Å²) in [6.07, 6.45) is -4.16. The Morgan fingerprint density at radius 1 is 1.15 bits per heavy atom. The average Bonchev–Trinajstić information content (AvgIpc) is 3.58. The zero-order chi connectivity index (χ0) is 24.1. The van der Waals surface area contributed by atoms with E-state index in [4.69, 9.17) is 4.74 Å². The van der Waals surface area contributed by atoms with Crippen molar-refractivity contribution in [2.45, 2.75) is 51.1 Å². The quantitative estimate of drug-likeness (QED) is 0.488. The van der Waals surface area contributed by atoms with Gasteiger partial charge in [-0.05, 0) is 26.7 Å². The van der Waals surface area contributed by atoms with Crippen LogP contribution in [-0.2, 0) is 5.54 Å². The summed E-state index contributed by atoms with van der Waals surface area (Å²) in [4.78, 5) is 21.3. The summed E-state index contributed by atoms with van der Waals surface area (Å²) in [6, 6.07) is 2.74. The van der Waals surface area contributed by atoms with Crippen LogP contribution >= 0.6 is 0 Å². The van der Waals surface area contributed by atoms with Gasteiger partial charge in [-0.3, -0.25) is 4.79 Å². The molecule has 1 atom stereocenters. The predicted molar refractivity (Wildman–Crippen MR) is 112 cm³/mol. The maximum Gasteiger partial charge on any atom is 0.318 e. The number of aryl methyl sites for hydroxylation is 1. The first kappa shape index (κ1) is 22.9. The minimum absolute atomic E-state index is 0.0326. The summed E-state index contributed by atoms with van der Waals surface area (Å²) < 4.78 is 74.5. The number of halogens is 5. The molecule has 6 nitrogen and oxygen atoms in total. The molecule has 176 valence electrons. The molecule has 33 heavy (non-hydrogen) atoms. The molecule has 0 saturated heterocycles.